The molecule has 0 aliphatic rings. The molecule has 2 N–H and O–H groups in total. The summed E-state index contributed by atoms with van der Waals surface area (Å²) < 4.78 is 42.0. The maximum absolute atomic E-state index is 12.3. The van der Waals surface area contributed by atoms with Gasteiger partial charge in [-0.25, -0.2) is 4.79 Å². The Morgan fingerprint density at radius 3 is 2.29 bits per heavy atom. The van der Waals surface area contributed by atoms with Crippen LogP contribution in [0.2, 0.25) is 0 Å². The monoisotopic (exact) mass is 395 g/mol. The number of para-hydroxylation sites is 1. The maximum atomic E-state index is 12.3. The van der Waals surface area contributed by atoms with E-state index >= 15 is 0 Å². The van der Waals surface area contributed by atoms with Gasteiger partial charge in [-0.3, -0.25) is 4.79 Å². The van der Waals surface area contributed by atoms with Crippen LogP contribution in [0, 0.1) is 0 Å². The van der Waals surface area contributed by atoms with Crippen LogP contribution in [0.5, 0.6) is 5.75 Å². The first-order valence-electron chi connectivity index (χ1n) is 8.65. The lowest BCUT2D eigenvalue weighted by Gasteiger charge is -2.19. The zero-order valence-corrected chi connectivity index (χ0v) is 14.9. The lowest BCUT2D eigenvalue weighted by Crippen LogP contribution is -2.34. The average molecular weight is 395 g/mol. The van der Waals surface area contributed by atoms with E-state index in [9.17, 15) is 27.9 Å². The molecule has 0 fully saturated rings. The van der Waals surface area contributed by atoms with Gasteiger partial charge in [0.25, 0.3) is 5.91 Å². The van der Waals surface area contributed by atoms with E-state index in [0.29, 0.717) is 5.56 Å². The molecule has 28 heavy (non-hydrogen) atoms. The highest BCUT2D eigenvalue weighted by atomic mass is 19.4. The minimum Gasteiger partial charge on any atom is -0.493 e. The first kappa shape index (κ1) is 21.3. The van der Waals surface area contributed by atoms with Gasteiger partial charge < -0.3 is 15.2 Å². The highest BCUT2D eigenvalue weighted by Crippen LogP contribution is 2.27. The van der Waals surface area contributed by atoms with Crippen LogP contribution in [0.1, 0.15) is 41.2 Å². The molecule has 0 heterocycles. The van der Waals surface area contributed by atoms with Gasteiger partial charge in [-0.1, -0.05) is 36.4 Å². The molecule has 1 unspecified atom stereocenters. The lowest BCUT2D eigenvalue weighted by molar-refractivity contribution is -0.139. The fourth-order valence-electron chi connectivity index (χ4n) is 2.54. The van der Waals surface area contributed by atoms with Crippen LogP contribution in [0.4, 0.5) is 13.2 Å². The van der Waals surface area contributed by atoms with Gasteiger partial charge in [-0.2, -0.15) is 13.2 Å². The van der Waals surface area contributed by atoms with Gasteiger partial charge in [0.2, 0.25) is 0 Å². The number of hydrogen-bond acceptors (Lipinski definition) is 3. The summed E-state index contributed by atoms with van der Waals surface area (Å²) in [5.41, 5.74) is 0.523. The molecular formula is C20H20F3NO4. The molecule has 0 spiro atoms. The second kappa shape index (κ2) is 9.77. The molecule has 0 saturated carbocycles. The summed E-state index contributed by atoms with van der Waals surface area (Å²) >= 11 is 0. The summed E-state index contributed by atoms with van der Waals surface area (Å²) in [7, 11) is 0. The Bertz CT molecular complexity index is 794. The van der Waals surface area contributed by atoms with Crippen LogP contribution in [0.3, 0.4) is 0 Å². The summed E-state index contributed by atoms with van der Waals surface area (Å²) in [6.07, 6.45) is -5.03. The van der Waals surface area contributed by atoms with Crippen molar-refractivity contribution in [3.05, 3.63) is 65.7 Å². The summed E-state index contributed by atoms with van der Waals surface area (Å²) in [4.78, 5) is 24.0. The zero-order chi connectivity index (χ0) is 20.6. The van der Waals surface area contributed by atoms with Gasteiger partial charge in [-0.05, 0) is 31.0 Å². The predicted molar refractivity (Wildman–Crippen MR) is 96.1 cm³/mol. The Labute approximate surface area is 160 Å². The van der Waals surface area contributed by atoms with Gasteiger partial charge >= 0.3 is 12.1 Å². The third kappa shape index (κ3) is 6.61. The van der Waals surface area contributed by atoms with E-state index in [0.717, 1.165) is 0 Å². The lowest BCUT2D eigenvalue weighted by atomic mass is 10.0. The number of carbonyl (C=O) groups is 2. The largest absolute Gasteiger partial charge is 0.493 e. The Morgan fingerprint density at radius 2 is 1.64 bits per heavy atom. The molecule has 0 aliphatic carbocycles. The van der Waals surface area contributed by atoms with Crippen molar-refractivity contribution in [1.29, 1.82) is 0 Å². The second-order valence-electron chi connectivity index (χ2n) is 6.07. The Morgan fingerprint density at radius 1 is 1.00 bits per heavy atom. The fourth-order valence-corrected chi connectivity index (χ4v) is 2.54. The minimum absolute atomic E-state index is 0.00602. The standard InChI is InChI=1S/C20H20F3NO4/c21-20(22,23)12-6-7-13-28-16-11-5-4-10-15(16)17(19(26)27)24-18(25)14-8-2-1-3-9-14/h1-5,8-11,17H,6-7,12-13H2,(H,24,25)(H,26,27). The van der Waals surface area contributed by atoms with Crippen LogP contribution >= 0.6 is 0 Å². The van der Waals surface area contributed by atoms with Crippen molar-refractivity contribution in [2.45, 2.75) is 31.5 Å². The molecule has 150 valence electrons. The number of amides is 1. The molecule has 1 amide bonds. The molecule has 1 atom stereocenters. The zero-order valence-electron chi connectivity index (χ0n) is 14.9. The van der Waals surface area contributed by atoms with E-state index < -0.39 is 30.5 Å². The molecule has 0 bridgehead atoms. The molecule has 2 aromatic rings. The van der Waals surface area contributed by atoms with E-state index in [2.05, 4.69) is 5.32 Å². The Balaban J connectivity index is 2.06. The number of alkyl halides is 3. The quantitative estimate of drug-likeness (QED) is 0.619. The number of ether oxygens (including phenoxy) is 1. The number of nitrogens with one attached hydrogen (secondary N) is 1. The molecule has 2 rings (SSSR count). The first-order chi connectivity index (χ1) is 13.3. The molecule has 5 nitrogen and oxygen atoms in total. The third-order valence-corrected chi connectivity index (χ3v) is 3.90. The number of rotatable bonds is 9. The van der Waals surface area contributed by atoms with E-state index in [-0.39, 0.29) is 30.8 Å². The number of carboxylic acid groups (broad SMARTS) is 1. The van der Waals surface area contributed by atoms with Crippen LogP contribution in [-0.4, -0.2) is 29.8 Å². The van der Waals surface area contributed by atoms with Gasteiger partial charge in [0, 0.05) is 17.5 Å². The summed E-state index contributed by atoms with van der Waals surface area (Å²) in [5, 5.41) is 12.0. The van der Waals surface area contributed by atoms with Crippen molar-refractivity contribution in [2.75, 3.05) is 6.61 Å². The van der Waals surface area contributed by atoms with Crippen molar-refractivity contribution >= 4 is 11.9 Å². The fraction of sp³-hybridized carbons (Fsp3) is 0.300. The highest BCUT2D eigenvalue weighted by molar-refractivity contribution is 5.96. The van der Waals surface area contributed by atoms with Crippen molar-refractivity contribution < 1.29 is 32.6 Å². The van der Waals surface area contributed by atoms with Crippen molar-refractivity contribution in [3.8, 4) is 5.75 Å². The van der Waals surface area contributed by atoms with Crippen molar-refractivity contribution in [2.24, 2.45) is 0 Å². The van der Waals surface area contributed by atoms with Gasteiger partial charge in [0.05, 0.1) is 6.61 Å². The molecule has 0 aromatic heterocycles. The van der Waals surface area contributed by atoms with Crippen LogP contribution < -0.4 is 10.1 Å². The topological polar surface area (TPSA) is 75.6 Å². The van der Waals surface area contributed by atoms with Crippen molar-refractivity contribution in [3.63, 3.8) is 0 Å². The smallest absolute Gasteiger partial charge is 0.389 e. The Kier molecular flexibility index (Phi) is 7.43. The Hall–Kier alpha value is -3.03. The number of carboxylic acids is 1. The van der Waals surface area contributed by atoms with Crippen LogP contribution in [0.15, 0.2) is 54.6 Å². The second-order valence-corrected chi connectivity index (χ2v) is 6.07. The first-order valence-corrected chi connectivity index (χ1v) is 8.65. The van der Waals surface area contributed by atoms with E-state index in [1.54, 1.807) is 42.5 Å². The SMILES string of the molecule is O=C(NC(C(=O)O)c1ccccc1OCCCCC(F)(F)F)c1ccccc1. The molecule has 0 saturated heterocycles. The number of unbranched alkanes of at least 4 members (excludes halogenated alkanes) is 1. The average Bonchev–Trinajstić information content (AvgIpc) is 2.65. The van der Waals surface area contributed by atoms with Gasteiger partial charge in [-0.15, -0.1) is 0 Å². The summed E-state index contributed by atoms with van der Waals surface area (Å²) in [6.45, 7) is 0.00602. The molecule has 0 radical (unpaired) electrons. The van der Waals surface area contributed by atoms with E-state index in [1.807, 2.05) is 0 Å². The van der Waals surface area contributed by atoms with Gasteiger partial charge in [0.15, 0.2) is 6.04 Å². The third-order valence-electron chi connectivity index (χ3n) is 3.90. The number of carbonyl (C=O) groups excluding carboxylic acids is 1. The minimum atomic E-state index is -4.21. The molecular weight excluding hydrogens is 375 g/mol. The van der Waals surface area contributed by atoms with Gasteiger partial charge in [0.1, 0.15) is 5.75 Å². The number of hydrogen-bond donors (Lipinski definition) is 2. The van der Waals surface area contributed by atoms with Crippen LogP contribution in [0.25, 0.3) is 0 Å². The number of halogens is 3. The van der Waals surface area contributed by atoms with E-state index in [1.165, 1.54) is 12.1 Å². The molecule has 8 heteroatoms. The maximum Gasteiger partial charge on any atom is 0.389 e. The van der Waals surface area contributed by atoms with Crippen molar-refractivity contribution in [1.82, 2.24) is 5.32 Å². The summed E-state index contributed by atoms with van der Waals surface area (Å²) in [6, 6.07) is 13.0. The van der Waals surface area contributed by atoms with E-state index in [4.69, 9.17) is 4.74 Å². The van der Waals surface area contributed by atoms with Crippen LogP contribution in [-0.2, 0) is 4.79 Å². The predicted octanol–water partition coefficient (Wildman–Crippen LogP) is 4.35. The number of aliphatic carboxylic acids is 1. The molecule has 0 aliphatic heterocycles. The normalized spacial score (nSPS) is 12.2. The molecule has 2 aromatic carbocycles. The summed E-state index contributed by atoms with van der Waals surface area (Å²) in [5.74, 6) is -1.64. The number of benzene rings is 2. The highest BCUT2D eigenvalue weighted by Gasteiger charge is 2.27.